The molecule has 2 aromatic carbocycles. The fourth-order valence-corrected chi connectivity index (χ4v) is 3.29. The van der Waals surface area contributed by atoms with Gasteiger partial charge in [0.15, 0.2) is 0 Å². The topological polar surface area (TPSA) is 111 Å². The van der Waals surface area contributed by atoms with E-state index >= 15 is 0 Å². The molecular formula is C24H32N4O5. The van der Waals surface area contributed by atoms with Crippen molar-refractivity contribution in [1.29, 1.82) is 0 Å². The number of nitrogens with one attached hydrogen (secondary N) is 2. The molecule has 2 rings (SSSR count). The molecule has 0 fully saturated rings. The fraction of sp³-hybridized carbons (Fsp3) is 0.375. The van der Waals surface area contributed by atoms with E-state index < -0.39 is 12.0 Å². The molecule has 3 N–H and O–H groups in total. The number of carboxylic acid groups (broad SMARTS) is 1. The van der Waals surface area contributed by atoms with Gasteiger partial charge in [-0.1, -0.05) is 18.2 Å². The summed E-state index contributed by atoms with van der Waals surface area (Å²) >= 11 is 0. The third kappa shape index (κ3) is 8.12. The van der Waals surface area contributed by atoms with Crippen molar-refractivity contribution in [2.75, 3.05) is 49.3 Å². The van der Waals surface area contributed by atoms with E-state index in [2.05, 4.69) is 10.6 Å². The number of hydrogen-bond acceptors (Lipinski definition) is 5. The van der Waals surface area contributed by atoms with Crippen molar-refractivity contribution in [2.45, 2.75) is 26.7 Å². The summed E-state index contributed by atoms with van der Waals surface area (Å²) in [7, 11) is 3.39. The van der Waals surface area contributed by atoms with Gasteiger partial charge in [0.25, 0.3) is 0 Å². The molecule has 0 aliphatic rings. The number of ether oxygens (including phenoxy) is 1. The number of benzene rings is 2. The zero-order valence-corrected chi connectivity index (χ0v) is 19.6. The number of anilines is 3. The van der Waals surface area contributed by atoms with Crippen LogP contribution in [0.2, 0.25) is 0 Å². The number of carboxylic acids is 1. The van der Waals surface area contributed by atoms with Crippen LogP contribution in [0.4, 0.5) is 21.9 Å². The molecular weight excluding hydrogens is 424 g/mol. The predicted octanol–water partition coefficient (Wildman–Crippen LogP) is 3.80. The second-order valence-corrected chi connectivity index (χ2v) is 7.75. The molecule has 0 atom stereocenters. The second kappa shape index (κ2) is 12.4. The Morgan fingerprint density at radius 1 is 1.00 bits per heavy atom. The first kappa shape index (κ1) is 25.7. The molecule has 33 heavy (non-hydrogen) atoms. The van der Waals surface area contributed by atoms with Crippen LogP contribution in [0.15, 0.2) is 42.5 Å². The van der Waals surface area contributed by atoms with Gasteiger partial charge in [-0.2, -0.15) is 0 Å². The van der Waals surface area contributed by atoms with Crippen molar-refractivity contribution in [1.82, 2.24) is 4.90 Å². The molecule has 9 nitrogen and oxygen atoms in total. The van der Waals surface area contributed by atoms with Crippen molar-refractivity contribution in [2.24, 2.45) is 0 Å². The molecule has 0 saturated heterocycles. The zero-order valence-electron chi connectivity index (χ0n) is 19.6. The maximum atomic E-state index is 12.5. The molecule has 178 valence electrons. The monoisotopic (exact) mass is 456 g/mol. The van der Waals surface area contributed by atoms with Gasteiger partial charge in [-0.15, -0.1) is 0 Å². The Labute approximate surface area is 194 Å². The number of amides is 3. The highest BCUT2D eigenvalue weighted by atomic mass is 16.5. The van der Waals surface area contributed by atoms with Gasteiger partial charge in [0.05, 0.1) is 12.8 Å². The average Bonchev–Trinajstić information content (AvgIpc) is 2.75. The van der Waals surface area contributed by atoms with Gasteiger partial charge < -0.3 is 30.3 Å². The van der Waals surface area contributed by atoms with Gasteiger partial charge in [0, 0.05) is 43.9 Å². The molecule has 0 spiro atoms. The van der Waals surface area contributed by atoms with Crippen LogP contribution in [-0.2, 0) is 9.59 Å². The van der Waals surface area contributed by atoms with Crippen LogP contribution in [0, 0.1) is 6.92 Å². The molecule has 0 aliphatic heterocycles. The number of para-hydroxylation sites is 1. The van der Waals surface area contributed by atoms with Crippen molar-refractivity contribution in [3.8, 4) is 5.75 Å². The molecule has 3 amide bonds. The Morgan fingerprint density at radius 2 is 1.70 bits per heavy atom. The number of nitrogens with zero attached hydrogens (tertiary/aromatic N) is 2. The lowest BCUT2D eigenvalue weighted by molar-refractivity contribution is -0.137. The lowest BCUT2D eigenvalue weighted by Gasteiger charge is -2.25. The van der Waals surface area contributed by atoms with Crippen LogP contribution in [0.25, 0.3) is 0 Å². The van der Waals surface area contributed by atoms with E-state index in [0.717, 1.165) is 5.56 Å². The Morgan fingerprint density at radius 3 is 2.33 bits per heavy atom. The van der Waals surface area contributed by atoms with E-state index in [4.69, 9.17) is 9.84 Å². The molecule has 0 saturated carbocycles. The number of likely N-dealkylation sites (N-methyl/N-ethyl adjacent to an activating group) is 1. The number of hydrogen-bond donors (Lipinski definition) is 3. The second-order valence-electron chi connectivity index (χ2n) is 7.75. The maximum Gasteiger partial charge on any atom is 0.323 e. The summed E-state index contributed by atoms with van der Waals surface area (Å²) in [5.41, 5.74) is 2.77. The van der Waals surface area contributed by atoms with Gasteiger partial charge in [-0.3, -0.25) is 9.59 Å². The lowest BCUT2D eigenvalue weighted by Crippen LogP contribution is -2.36. The number of aliphatic carboxylic acids is 1. The zero-order chi connectivity index (χ0) is 24.4. The number of aryl methyl sites for hydroxylation is 1. The summed E-state index contributed by atoms with van der Waals surface area (Å²) in [6.45, 7) is 5.03. The number of carbonyl (C=O) groups excluding carboxylic acids is 2. The molecule has 0 bridgehead atoms. The van der Waals surface area contributed by atoms with Gasteiger partial charge >= 0.3 is 12.0 Å². The van der Waals surface area contributed by atoms with E-state index in [0.29, 0.717) is 48.9 Å². The molecule has 2 aromatic rings. The molecule has 0 aromatic heterocycles. The number of urea groups is 1. The first-order chi connectivity index (χ1) is 15.7. The van der Waals surface area contributed by atoms with Crippen molar-refractivity contribution < 1.29 is 24.2 Å². The molecule has 0 heterocycles. The highest BCUT2D eigenvalue weighted by molar-refractivity contribution is 6.01. The summed E-state index contributed by atoms with van der Waals surface area (Å²) < 4.78 is 5.45. The number of methoxy groups -OCH3 is 1. The summed E-state index contributed by atoms with van der Waals surface area (Å²) in [6, 6.07) is 12.2. The lowest BCUT2D eigenvalue weighted by atomic mass is 10.2. The highest BCUT2D eigenvalue weighted by Gasteiger charge is 2.16. The summed E-state index contributed by atoms with van der Waals surface area (Å²) in [5.74, 6) is -0.523. The maximum absolute atomic E-state index is 12.5. The molecule has 9 heteroatoms. The first-order valence-electron chi connectivity index (χ1n) is 10.7. The summed E-state index contributed by atoms with van der Waals surface area (Å²) in [4.78, 5) is 39.0. The normalized spacial score (nSPS) is 10.6. The average molecular weight is 457 g/mol. The Hall–Kier alpha value is -3.59. The van der Waals surface area contributed by atoms with Crippen molar-refractivity contribution in [3.05, 3.63) is 48.0 Å². The van der Waals surface area contributed by atoms with Gasteiger partial charge in [0.1, 0.15) is 5.75 Å². The van der Waals surface area contributed by atoms with Crippen LogP contribution in [0.3, 0.4) is 0 Å². The SMILES string of the molecule is COc1cc(N(CCN(C)CCCC(=O)O)C(C)=O)ccc1NC(=O)Nc1ccccc1C. The predicted molar refractivity (Wildman–Crippen MR) is 129 cm³/mol. The first-order valence-corrected chi connectivity index (χ1v) is 10.7. The van der Waals surface area contributed by atoms with E-state index in [1.165, 1.54) is 14.0 Å². The highest BCUT2D eigenvalue weighted by Crippen LogP contribution is 2.30. The third-order valence-corrected chi connectivity index (χ3v) is 5.15. The minimum absolute atomic E-state index is 0.115. The third-order valence-electron chi connectivity index (χ3n) is 5.15. The molecule has 0 unspecified atom stereocenters. The number of carbonyl (C=O) groups is 3. The molecule has 0 radical (unpaired) electrons. The Bertz CT molecular complexity index is 979. The largest absolute Gasteiger partial charge is 0.494 e. The van der Waals surface area contributed by atoms with E-state index in [9.17, 15) is 14.4 Å². The molecule has 0 aliphatic carbocycles. The van der Waals surface area contributed by atoms with Crippen molar-refractivity contribution >= 4 is 35.0 Å². The Kier molecular flexibility index (Phi) is 9.68. The summed E-state index contributed by atoms with van der Waals surface area (Å²) in [6.07, 6.45) is 0.661. The summed E-state index contributed by atoms with van der Waals surface area (Å²) in [5, 5.41) is 14.4. The fourth-order valence-electron chi connectivity index (χ4n) is 3.29. The minimum atomic E-state index is -0.817. The van der Waals surface area contributed by atoms with E-state index in [-0.39, 0.29) is 12.3 Å². The van der Waals surface area contributed by atoms with E-state index in [1.807, 2.05) is 43.1 Å². The van der Waals surface area contributed by atoms with Gasteiger partial charge in [0.2, 0.25) is 5.91 Å². The van der Waals surface area contributed by atoms with E-state index in [1.54, 1.807) is 23.1 Å². The number of rotatable bonds is 11. The Balaban J connectivity index is 2.05. The quantitative estimate of drug-likeness (QED) is 0.474. The van der Waals surface area contributed by atoms with Crippen LogP contribution in [0.5, 0.6) is 5.75 Å². The van der Waals surface area contributed by atoms with Gasteiger partial charge in [-0.25, -0.2) is 4.79 Å². The smallest absolute Gasteiger partial charge is 0.323 e. The van der Waals surface area contributed by atoms with Crippen LogP contribution >= 0.6 is 0 Å². The van der Waals surface area contributed by atoms with Crippen LogP contribution in [0.1, 0.15) is 25.3 Å². The van der Waals surface area contributed by atoms with Crippen molar-refractivity contribution in [3.63, 3.8) is 0 Å². The minimum Gasteiger partial charge on any atom is -0.494 e. The van der Waals surface area contributed by atoms with Crippen LogP contribution in [-0.4, -0.2) is 61.7 Å². The van der Waals surface area contributed by atoms with Gasteiger partial charge in [-0.05, 0) is 50.7 Å². The standard InChI is InChI=1S/C24H32N4O5/c1-17-8-5-6-9-20(17)25-24(32)26-21-12-11-19(16-22(21)33-4)28(18(2)29)15-14-27(3)13-7-10-23(30)31/h5-6,8-9,11-12,16H,7,10,13-15H2,1-4H3,(H,30,31)(H2,25,26,32). The van der Waals surface area contributed by atoms with Crippen LogP contribution < -0.4 is 20.3 Å².